The van der Waals surface area contributed by atoms with Gasteiger partial charge in [0, 0.05) is 25.8 Å². The van der Waals surface area contributed by atoms with Gasteiger partial charge in [0.1, 0.15) is 5.82 Å². The molecule has 1 aromatic carbocycles. The van der Waals surface area contributed by atoms with Crippen LogP contribution < -0.4 is 0 Å². The summed E-state index contributed by atoms with van der Waals surface area (Å²) in [5, 5.41) is 19.0. The molecule has 0 bridgehead atoms. The maximum atomic E-state index is 13.9. The number of aryl methyl sites for hydroxylation is 1. The number of amides is 1. The highest BCUT2D eigenvalue weighted by Crippen LogP contribution is 2.21. The van der Waals surface area contributed by atoms with Crippen molar-refractivity contribution in [2.24, 2.45) is 0 Å². The molecule has 1 fully saturated rings. The molecule has 2 atom stereocenters. The lowest BCUT2D eigenvalue weighted by atomic mass is 9.98. The van der Waals surface area contributed by atoms with E-state index in [0.29, 0.717) is 24.9 Å². The van der Waals surface area contributed by atoms with E-state index in [4.69, 9.17) is 5.11 Å². The normalized spacial score (nSPS) is 18.4. The molecule has 1 heterocycles. The number of carbonyl (C=O) groups is 2. The molecular weight excluding hydrogens is 373 g/mol. The van der Waals surface area contributed by atoms with E-state index < -0.39 is 12.1 Å². The first kappa shape index (κ1) is 23.1. The summed E-state index contributed by atoms with van der Waals surface area (Å²) in [6.45, 7) is 2.53. The second-order valence-electron chi connectivity index (χ2n) is 7.86. The molecule has 1 aromatic rings. The van der Waals surface area contributed by atoms with Crippen molar-refractivity contribution >= 4 is 11.9 Å². The number of hydrogen-bond donors (Lipinski definition) is 2. The third-order valence-corrected chi connectivity index (χ3v) is 5.34. The summed E-state index contributed by atoms with van der Waals surface area (Å²) in [5.41, 5.74) is 1.44. The fourth-order valence-corrected chi connectivity index (χ4v) is 3.76. The summed E-state index contributed by atoms with van der Waals surface area (Å²) < 4.78 is 13.9. The Kier molecular flexibility index (Phi) is 9.32. The number of aliphatic hydroxyl groups excluding tert-OH is 1. The fraction of sp³-hybridized carbons (Fsp3) is 0.565. The number of rotatable bonds is 11. The van der Waals surface area contributed by atoms with E-state index in [-0.39, 0.29) is 30.6 Å². The predicted octanol–water partition coefficient (Wildman–Crippen LogP) is 4.01. The summed E-state index contributed by atoms with van der Waals surface area (Å²) >= 11 is 0. The second kappa shape index (κ2) is 11.7. The van der Waals surface area contributed by atoms with Gasteiger partial charge in [-0.2, -0.15) is 0 Å². The quantitative estimate of drug-likeness (QED) is 0.431. The zero-order chi connectivity index (χ0) is 21.2. The van der Waals surface area contributed by atoms with E-state index in [9.17, 15) is 19.1 Å². The van der Waals surface area contributed by atoms with Crippen LogP contribution in [0.4, 0.5) is 4.39 Å². The van der Waals surface area contributed by atoms with Crippen LogP contribution in [0.1, 0.15) is 62.5 Å². The summed E-state index contributed by atoms with van der Waals surface area (Å²) in [5.74, 6) is -0.971. The van der Waals surface area contributed by atoms with E-state index in [0.717, 1.165) is 37.7 Å². The Morgan fingerprint density at radius 3 is 2.83 bits per heavy atom. The first-order chi connectivity index (χ1) is 13.9. The zero-order valence-electron chi connectivity index (χ0n) is 17.1. The first-order valence-corrected chi connectivity index (χ1v) is 10.5. The third-order valence-electron chi connectivity index (χ3n) is 5.34. The highest BCUT2D eigenvalue weighted by atomic mass is 19.1. The third kappa shape index (κ3) is 7.97. The number of piperidine rings is 1. The maximum Gasteiger partial charge on any atom is 0.303 e. The number of carbonyl (C=O) groups excluding carboxylic acids is 1. The van der Waals surface area contributed by atoms with E-state index >= 15 is 0 Å². The number of likely N-dealkylation sites (tertiary alicyclic amines) is 1. The molecule has 2 N–H and O–H groups in total. The molecule has 0 aliphatic carbocycles. The van der Waals surface area contributed by atoms with Crippen LogP contribution >= 0.6 is 0 Å². The van der Waals surface area contributed by atoms with Gasteiger partial charge in [0.2, 0.25) is 5.91 Å². The topological polar surface area (TPSA) is 77.8 Å². The van der Waals surface area contributed by atoms with Gasteiger partial charge in [-0.05, 0) is 44.2 Å². The van der Waals surface area contributed by atoms with Crippen LogP contribution in [0.15, 0.2) is 30.4 Å². The number of unbranched alkanes of at least 4 members (excludes halogenated alkanes) is 3. The van der Waals surface area contributed by atoms with Gasteiger partial charge in [-0.25, -0.2) is 4.39 Å². The highest BCUT2D eigenvalue weighted by Gasteiger charge is 2.25. The number of halogens is 1. The number of benzene rings is 1. The largest absolute Gasteiger partial charge is 0.481 e. The average Bonchev–Trinajstić information content (AvgIpc) is 2.67. The summed E-state index contributed by atoms with van der Waals surface area (Å²) in [7, 11) is 0. The predicted molar refractivity (Wildman–Crippen MR) is 110 cm³/mol. The van der Waals surface area contributed by atoms with E-state index in [2.05, 4.69) is 0 Å². The van der Waals surface area contributed by atoms with Crippen molar-refractivity contribution in [3.63, 3.8) is 0 Å². The smallest absolute Gasteiger partial charge is 0.303 e. The van der Waals surface area contributed by atoms with Gasteiger partial charge >= 0.3 is 5.97 Å². The Labute approximate surface area is 172 Å². The molecule has 160 valence electrons. The molecule has 0 aromatic heterocycles. The Bertz CT molecular complexity index is 719. The van der Waals surface area contributed by atoms with Crippen molar-refractivity contribution < 1.29 is 24.2 Å². The van der Waals surface area contributed by atoms with Crippen LogP contribution in [0.25, 0.3) is 0 Å². The van der Waals surface area contributed by atoms with Crippen LogP contribution in [0.5, 0.6) is 0 Å². The van der Waals surface area contributed by atoms with Crippen LogP contribution in [0.2, 0.25) is 0 Å². The highest BCUT2D eigenvalue weighted by molar-refractivity contribution is 5.77. The monoisotopic (exact) mass is 405 g/mol. The van der Waals surface area contributed by atoms with Gasteiger partial charge in [0.15, 0.2) is 0 Å². The Hall–Kier alpha value is -2.21. The number of carboxylic acids is 1. The van der Waals surface area contributed by atoms with Gasteiger partial charge in [-0.15, -0.1) is 0 Å². The molecular formula is C23H32FNO4. The van der Waals surface area contributed by atoms with Crippen molar-refractivity contribution in [3.8, 4) is 0 Å². The summed E-state index contributed by atoms with van der Waals surface area (Å²) in [6.07, 6.45) is 8.59. The van der Waals surface area contributed by atoms with E-state index in [1.54, 1.807) is 18.2 Å². The first-order valence-electron chi connectivity index (χ1n) is 10.5. The van der Waals surface area contributed by atoms with Crippen LogP contribution in [-0.2, 0) is 16.0 Å². The second-order valence-corrected chi connectivity index (χ2v) is 7.86. The van der Waals surface area contributed by atoms with Crippen molar-refractivity contribution in [3.05, 3.63) is 47.3 Å². The van der Waals surface area contributed by atoms with Gasteiger partial charge in [-0.1, -0.05) is 42.7 Å². The minimum Gasteiger partial charge on any atom is -0.481 e. The molecule has 6 heteroatoms. The zero-order valence-corrected chi connectivity index (χ0v) is 17.1. The van der Waals surface area contributed by atoms with E-state index in [1.807, 2.05) is 17.9 Å². The molecule has 0 spiro atoms. The lowest BCUT2D eigenvalue weighted by molar-refractivity contribution is -0.137. The molecule has 1 aliphatic rings. The lowest BCUT2D eigenvalue weighted by Gasteiger charge is -2.34. The van der Waals surface area contributed by atoms with Crippen molar-refractivity contribution in [1.82, 2.24) is 4.90 Å². The SMILES string of the molecule is Cc1ccc(F)c(CC(O)C=C[C@H]2CCCC(=O)N2CCCCCCC(=O)O)c1. The number of aliphatic carboxylic acids is 1. The number of hydrogen-bond acceptors (Lipinski definition) is 3. The molecule has 1 aliphatic heterocycles. The summed E-state index contributed by atoms with van der Waals surface area (Å²) in [6, 6.07) is 4.81. The molecule has 2 rings (SSSR count). The Balaban J connectivity index is 1.86. The molecule has 1 unspecified atom stereocenters. The van der Waals surface area contributed by atoms with Crippen molar-refractivity contribution in [1.29, 1.82) is 0 Å². The number of carboxylic acid groups (broad SMARTS) is 1. The van der Waals surface area contributed by atoms with Gasteiger partial charge in [0.05, 0.1) is 12.1 Å². The Morgan fingerprint density at radius 2 is 2.07 bits per heavy atom. The van der Waals surface area contributed by atoms with Crippen molar-refractivity contribution in [2.75, 3.05) is 6.54 Å². The molecule has 0 saturated carbocycles. The molecule has 5 nitrogen and oxygen atoms in total. The molecule has 29 heavy (non-hydrogen) atoms. The van der Waals surface area contributed by atoms with Crippen molar-refractivity contribution in [2.45, 2.75) is 76.9 Å². The standard InChI is InChI=1S/C23H32FNO4/c1-17-10-13-21(24)18(15-17)16-20(26)12-11-19-7-6-8-22(27)25(19)14-5-3-2-4-9-23(28)29/h10-13,15,19-20,26H,2-9,14,16H2,1H3,(H,28,29)/t19-,20?/m1/s1. The number of aliphatic hydroxyl groups is 1. The minimum absolute atomic E-state index is 0.0488. The summed E-state index contributed by atoms with van der Waals surface area (Å²) in [4.78, 5) is 24.7. The Morgan fingerprint density at radius 1 is 1.31 bits per heavy atom. The van der Waals surface area contributed by atoms with Gasteiger partial charge in [0.25, 0.3) is 0 Å². The number of nitrogens with zero attached hydrogens (tertiary/aromatic N) is 1. The minimum atomic E-state index is -0.804. The lowest BCUT2D eigenvalue weighted by Crippen LogP contribution is -2.43. The molecule has 1 amide bonds. The van der Waals surface area contributed by atoms with Gasteiger partial charge in [-0.3, -0.25) is 9.59 Å². The fourth-order valence-electron chi connectivity index (χ4n) is 3.76. The van der Waals surface area contributed by atoms with Crippen LogP contribution in [0, 0.1) is 12.7 Å². The van der Waals surface area contributed by atoms with Crippen LogP contribution in [-0.4, -0.2) is 45.7 Å². The van der Waals surface area contributed by atoms with Gasteiger partial charge < -0.3 is 15.1 Å². The molecule has 0 radical (unpaired) electrons. The van der Waals surface area contributed by atoms with E-state index in [1.165, 1.54) is 6.07 Å². The average molecular weight is 406 g/mol. The molecule has 1 saturated heterocycles. The van der Waals surface area contributed by atoms with Crippen LogP contribution in [0.3, 0.4) is 0 Å². The maximum absolute atomic E-state index is 13.9.